The number of fused-ring (bicyclic) bond motifs is 1. The topological polar surface area (TPSA) is 101 Å². The zero-order valence-corrected chi connectivity index (χ0v) is 18.3. The molecule has 1 aliphatic rings. The molecular weight excluding hydrogens is 473 g/mol. The third-order valence-corrected chi connectivity index (χ3v) is 6.04. The number of carbonyl (C=O) groups excluding carboxylic acids is 1. The van der Waals surface area contributed by atoms with Crippen LogP contribution in [0.15, 0.2) is 56.8 Å². The molecule has 0 bridgehead atoms. The number of pyridine rings is 1. The number of amides is 1. The second-order valence-electron chi connectivity index (χ2n) is 7.43. The number of anilines is 1. The predicted octanol–water partition coefficient (Wildman–Crippen LogP) is 3.73. The van der Waals surface area contributed by atoms with Crippen LogP contribution in [0.1, 0.15) is 5.89 Å². The van der Waals surface area contributed by atoms with E-state index < -0.39 is 12.1 Å². The number of carbonyl (C=O) groups is 1. The van der Waals surface area contributed by atoms with Crippen LogP contribution in [0.25, 0.3) is 22.5 Å². The standard InChI is InChI=1S/C21H17F3N6O3S/c22-21(23,24)19-27-18(28-33-19)13-5-6-16(25-11-13)29-7-9-30(10-8-29)17(31)12-34-20-26-14-3-1-2-4-15(14)32-20/h1-6,11H,7-10,12H2. The van der Waals surface area contributed by atoms with Gasteiger partial charge in [0, 0.05) is 37.9 Å². The average molecular weight is 490 g/mol. The highest BCUT2D eigenvalue weighted by atomic mass is 32.2. The van der Waals surface area contributed by atoms with Gasteiger partial charge in [-0.2, -0.15) is 18.2 Å². The molecule has 176 valence electrons. The van der Waals surface area contributed by atoms with E-state index in [0.717, 1.165) is 5.52 Å². The maximum atomic E-state index is 12.6. The number of aromatic nitrogens is 4. The highest BCUT2D eigenvalue weighted by Gasteiger charge is 2.38. The summed E-state index contributed by atoms with van der Waals surface area (Å²) in [6, 6.07) is 10.7. The van der Waals surface area contributed by atoms with Gasteiger partial charge in [-0.15, -0.1) is 0 Å². The van der Waals surface area contributed by atoms with Gasteiger partial charge in [0.05, 0.1) is 5.75 Å². The summed E-state index contributed by atoms with van der Waals surface area (Å²) in [5.74, 6) is -0.714. The molecule has 0 N–H and O–H groups in total. The number of rotatable bonds is 5. The summed E-state index contributed by atoms with van der Waals surface area (Å²) < 4.78 is 47.8. The maximum Gasteiger partial charge on any atom is 0.471 e. The first kappa shape index (κ1) is 22.2. The molecule has 0 aliphatic carbocycles. The molecule has 0 atom stereocenters. The van der Waals surface area contributed by atoms with Crippen molar-refractivity contribution in [2.24, 2.45) is 0 Å². The SMILES string of the molecule is O=C(CSc1nc2ccccc2o1)N1CCN(c2ccc(-c3noc(C(F)(F)F)n3)cn2)CC1. The van der Waals surface area contributed by atoms with Crippen molar-refractivity contribution in [1.82, 2.24) is 25.0 Å². The lowest BCUT2D eigenvalue weighted by Gasteiger charge is -2.35. The second kappa shape index (κ2) is 8.97. The van der Waals surface area contributed by atoms with E-state index in [-0.39, 0.29) is 17.5 Å². The minimum Gasteiger partial charge on any atom is -0.431 e. The number of piperazine rings is 1. The minimum atomic E-state index is -4.70. The third kappa shape index (κ3) is 4.69. The molecule has 0 spiro atoms. The van der Waals surface area contributed by atoms with Crippen molar-refractivity contribution in [3.8, 4) is 11.4 Å². The zero-order valence-electron chi connectivity index (χ0n) is 17.5. The average Bonchev–Trinajstić information content (AvgIpc) is 3.50. The number of halogens is 3. The van der Waals surface area contributed by atoms with Crippen molar-refractivity contribution in [2.45, 2.75) is 11.4 Å². The fourth-order valence-electron chi connectivity index (χ4n) is 3.47. The van der Waals surface area contributed by atoms with E-state index in [1.807, 2.05) is 29.2 Å². The fraction of sp³-hybridized carbons (Fsp3) is 0.286. The molecular formula is C21H17F3N6O3S. The molecule has 4 heterocycles. The maximum absolute atomic E-state index is 12.6. The lowest BCUT2D eigenvalue weighted by atomic mass is 10.2. The smallest absolute Gasteiger partial charge is 0.431 e. The van der Waals surface area contributed by atoms with E-state index in [1.165, 1.54) is 18.0 Å². The summed E-state index contributed by atoms with van der Waals surface area (Å²) in [5, 5.41) is 3.82. The predicted molar refractivity (Wildman–Crippen MR) is 116 cm³/mol. The van der Waals surface area contributed by atoms with Gasteiger partial charge >= 0.3 is 12.1 Å². The Balaban J connectivity index is 1.14. The summed E-state index contributed by atoms with van der Waals surface area (Å²) in [6.07, 6.45) is -3.30. The van der Waals surface area contributed by atoms with Crippen LogP contribution in [-0.2, 0) is 11.0 Å². The highest BCUT2D eigenvalue weighted by Crippen LogP contribution is 2.29. The van der Waals surface area contributed by atoms with Gasteiger partial charge in [0.2, 0.25) is 11.7 Å². The van der Waals surface area contributed by atoms with Crippen LogP contribution in [0.2, 0.25) is 0 Å². The van der Waals surface area contributed by atoms with E-state index in [2.05, 4.69) is 24.6 Å². The molecule has 4 aromatic rings. The van der Waals surface area contributed by atoms with Gasteiger partial charge in [-0.05, 0) is 24.3 Å². The first-order valence-electron chi connectivity index (χ1n) is 10.3. The van der Waals surface area contributed by atoms with Crippen LogP contribution < -0.4 is 4.90 Å². The largest absolute Gasteiger partial charge is 0.471 e. The summed E-state index contributed by atoms with van der Waals surface area (Å²) >= 11 is 1.26. The van der Waals surface area contributed by atoms with Crippen molar-refractivity contribution in [1.29, 1.82) is 0 Å². The van der Waals surface area contributed by atoms with Gasteiger partial charge in [-0.1, -0.05) is 29.1 Å². The van der Waals surface area contributed by atoms with Crippen molar-refractivity contribution in [2.75, 3.05) is 36.8 Å². The molecule has 1 amide bonds. The molecule has 1 aromatic carbocycles. The molecule has 0 saturated carbocycles. The first-order valence-corrected chi connectivity index (χ1v) is 11.2. The molecule has 0 radical (unpaired) electrons. The number of alkyl halides is 3. The van der Waals surface area contributed by atoms with Gasteiger partial charge in [-0.25, -0.2) is 9.97 Å². The molecule has 1 fully saturated rings. The Morgan fingerprint density at radius 3 is 2.53 bits per heavy atom. The number of thioether (sulfide) groups is 1. The van der Waals surface area contributed by atoms with Crippen LogP contribution >= 0.6 is 11.8 Å². The van der Waals surface area contributed by atoms with Crippen molar-refractivity contribution < 1.29 is 26.9 Å². The van der Waals surface area contributed by atoms with Crippen LogP contribution in [0, 0.1) is 0 Å². The third-order valence-electron chi connectivity index (χ3n) is 5.22. The van der Waals surface area contributed by atoms with Crippen LogP contribution in [0.3, 0.4) is 0 Å². The van der Waals surface area contributed by atoms with Crippen molar-refractivity contribution in [3.63, 3.8) is 0 Å². The molecule has 9 nitrogen and oxygen atoms in total. The molecule has 0 unspecified atom stereocenters. The number of para-hydroxylation sites is 2. The minimum absolute atomic E-state index is 0.00668. The number of hydrogen-bond donors (Lipinski definition) is 0. The van der Waals surface area contributed by atoms with Crippen molar-refractivity contribution >= 4 is 34.6 Å². The quantitative estimate of drug-likeness (QED) is 0.387. The molecule has 13 heteroatoms. The van der Waals surface area contributed by atoms with Crippen LogP contribution in [0.5, 0.6) is 0 Å². The number of oxazole rings is 1. The Hall–Kier alpha value is -3.61. The summed E-state index contributed by atoms with van der Waals surface area (Å²) in [5.41, 5.74) is 1.75. The van der Waals surface area contributed by atoms with Gasteiger partial charge < -0.3 is 18.7 Å². The van der Waals surface area contributed by atoms with Gasteiger partial charge in [0.1, 0.15) is 11.3 Å². The lowest BCUT2D eigenvalue weighted by Crippen LogP contribution is -2.49. The Morgan fingerprint density at radius 2 is 1.85 bits per heavy atom. The molecule has 3 aromatic heterocycles. The number of hydrogen-bond acceptors (Lipinski definition) is 9. The van der Waals surface area contributed by atoms with Gasteiger partial charge in [-0.3, -0.25) is 4.79 Å². The Morgan fingerprint density at radius 1 is 1.06 bits per heavy atom. The molecule has 34 heavy (non-hydrogen) atoms. The second-order valence-corrected chi connectivity index (χ2v) is 8.36. The number of benzene rings is 1. The van der Waals surface area contributed by atoms with Crippen LogP contribution in [0.4, 0.5) is 19.0 Å². The van der Waals surface area contributed by atoms with E-state index in [4.69, 9.17) is 4.42 Å². The van der Waals surface area contributed by atoms with Gasteiger partial charge in [0.25, 0.3) is 5.22 Å². The van der Waals surface area contributed by atoms with E-state index in [0.29, 0.717) is 48.4 Å². The Kier molecular flexibility index (Phi) is 5.86. The zero-order chi connectivity index (χ0) is 23.7. The monoisotopic (exact) mass is 490 g/mol. The molecule has 1 aliphatic heterocycles. The molecule has 1 saturated heterocycles. The van der Waals surface area contributed by atoms with E-state index >= 15 is 0 Å². The summed E-state index contributed by atoms with van der Waals surface area (Å²) in [4.78, 5) is 28.4. The molecule has 5 rings (SSSR count). The van der Waals surface area contributed by atoms with Crippen molar-refractivity contribution in [3.05, 3.63) is 48.5 Å². The number of nitrogens with zero attached hydrogens (tertiary/aromatic N) is 6. The Labute approximate surface area is 194 Å². The fourth-order valence-corrected chi connectivity index (χ4v) is 4.21. The lowest BCUT2D eigenvalue weighted by molar-refractivity contribution is -0.159. The van der Waals surface area contributed by atoms with E-state index in [9.17, 15) is 18.0 Å². The highest BCUT2D eigenvalue weighted by molar-refractivity contribution is 7.99. The van der Waals surface area contributed by atoms with Gasteiger partial charge in [0.15, 0.2) is 5.58 Å². The summed E-state index contributed by atoms with van der Waals surface area (Å²) in [7, 11) is 0. The normalized spacial score (nSPS) is 14.7. The summed E-state index contributed by atoms with van der Waals surface area (Å²) in [6.45, 7) is 2.20. The van der Waals surface area contributed by atoms with Crippen LogP contribution in [-0.4, -0.2) is 62.8 Å². The van der Waals surface area contributed by atoms with E-state index in [1.54, 1.807) is 17.0 Å². The first-order chi connectivity index (χ1) is 16.4. The Bertz CT molecular complexity index is 1270.